The largest absolute Gasteiger partial charge is 0.481 e. The molecule has 0 aliphatic carbocycles. The second-order valence-corrected chi connectivity index (χ2v) is 5.14. The molecule has 1 aliphatic rings. The molecular weight excluding hydrogens is 218 g/mol. The third kappa shape index (κ3) is 2.79. The summed E-state index contributed by atoms with van der Waals surface area (Å²) < 4.78 is 0. The van der Waals surface area contributed by atoms with Crippen molar-refractivity contribution in [1.82, 2.24) is 4.90 Å². The molecule has 0 aromatic carbocycles. The fourth-order valence-corrected chi connectivity index (χ4v) is 2.54. The number of carboxylic acid groups (broad SMARTS) is 1. The van der Waals surface area contributed by atoms with Gasteiger partial charge in [0, 0.05) is 19.0 Å². The minimum Gasteiger partial charge on any atom is -0.481 e. The standard InChI is InChI=1S/C13H23NO3/c1-4-6-10(3)11(15)14-8-7-13(5-2,9-14)12(16)17/h10H,4-9H2,1-3H3,(H,16,17). The van der Waals surface area contributed by atoms with E-state index in [1.807, 2.05) is 13.8 Å². The lowest BCUT2D eigenvalue weighted by atomic mass is 9.84. The first kappa shape index (κ1) is 14.0. The van der Waals surface area contributed by atoms with Crippen molar-refractivity contribution in [1.29, 1.82) is 0 Å². The van der Waals surface area contributed by atoms with Crippen LogP contribution < -0.4 is 0 Å². The Morgan fingerprint density at radius 3 is 2.47 bits per heavy atom. The Labute approximate surface area is 103 Å². The minimum absolute atomic E-state index is 0.0152. The van der Waals surface area contributed by atoms with E-state index in [9.17, 15) is 14.7 Å². The molecule has 0 aromatic heterocycles. The van der Waals surface area contributed by atoms with Gasteiger partial charge in [0.1, 0.15) is 0 Å². The van der Waals surface area contributed by atoms with Crippen molar-refractivity contribution >= 4 is 11.9 Å². The highest BCUT2D eigenvalue weighted by atomic mass is 16.4. The molecule has 1 aliphatic heterocycles. The summed E-state index contributed by atoms with van der Waals surface area (Å²) in [6.45, 7) is 6.84. The molecule has 98 valence electrons. The molecule has 2 unspecified atom stereocenters. The van der Waals surface area contributed by atoms with E-state index in [-0.39, 0.29) is 11.8 Å². The van der Waals surface area contributed by atoms with E-state index < -0.39 is 11.4 Å². The van der Waals surface area contributed by atoms with Gasteiger partial charge in [-0.25, -0.2) is 0 Å². The molecule has 1 amide bonds. The van der Waals surface area contributed by atoms with Gasteiger partial charge in [-0.15, -0.1) is 0 Å². The van der Waals surface area contributed by atoms with Crippen LogP contribution in [0.2, 0.25) is 0 Å². The molecule has 0 aromatic rings. The van der Waals surface area contributed by atoms with Gasteiger partial charge in [0.05, 0.1) is 5.41 Å². The molecule has 0 spiro atoms. The predicted molar refractivity (Wildman–Crippen MR) is 65.6 cm³/mol. The summed E-state index contributed by atoms with van der Waals surface area (Å²) in [7, 11) is 0. The van der Waals surface area contributed by atoms with Crippen LogP contribution in [0, 0.1) is 11.3 Å². The Morgan fingerprint density at radius 1 is 1.41 bits per heavy atom. The fourth-order valence-electron chi connectivity index (χ4n) is 2.54. The van der Waals surface area contributed by atoms with E-state index in [1.54, 1.807) is 4.90 Å². The van der Waals surface area contributed by atoms with Gasteiger partial charge in [-0.1, -0.05) is 27.2 Å². The van der Waals surface area contributed by atoms with Crippen LogP contribution in [0.1, 0.15) is 46.5 Å². The Morgan fingerprint density at radius 2 is 2.06 bits per heavy atom. The molecule has 1 heterocycles. The van der Waals surface area contributed by atoms with Gasteiger partial charge in [-0.2, -0.15) is 0 Å². The molecule has 2 atom stereocenters. The van der Waals surface area contributed by atoms with Crippen LogP contribution in [0.25, 0.3) is 0 Å². The minimum atomic E-state index is -0.765. The van der Waals surface area contributed by atoms with Crippen LogP contribution >= 0.6 is 0 Å². The van der Waals surface area contributed by atoms with E-state index >= 15 is 0 Å². The van der Waals surface area contributed by atoms with Gasteiger partial charge in [0.25, 0.3) is 0 Å². The van der Waals surface area contributed by atoms with Crippen molar-refractivity contribution in [2.24, 2.45) is 11.3 Å². The molecule has 0 bridgehead atoms. The number of rotatable bonds is 5. The second-order valence-electron chi connectivity index (χ2n) is 5.14. The number of likely N-dealkylation sites (tertiary alicyclic amines) is 1. The van der Waals surface area contributed by atoms with E-state index in [0.717, 1.165) is 12.8 Å². The Kier molecular flexibility index (Phi) is 4.54. The molecule has 17 heavy (non-hydrogen) atoms. The summed E-state index contributed by atoms with van der Waals surface area (Å²) in [6.07, 6.45) is 3.04. The smallest absolute Gasteiger partial charge is 0.311 e. The van der Waals surface area contributed by atoms with Crippen molar-refractivity contribution in [3.63, 3.8) is 0 Å². The lowest BCUT2D eigenvalue weighted by Crippen LogP contribution is -2.38. The number of carboxylic acids is 1. The number of carbonyl (C=O) groups is 2. The molecule has 1 fully saturated rings. The number of amides is 1. The van der Waals surface area contributed by atoms with Crippen LogP contribution in [-0.4, -0.2) is 35.0 Å². The van der Waals surface area contributed by atoms with E-state index in [2.05, 4.69) is 6.92 Å². The van der Waals surface area contributed by atoms with Crippen LogP contribution in [0.5, 0.6) is 0 Å². The maximum atomic E-state index is 12.1. The number of nitrogens with zero attached hydrogens (tertiary/aromatic N) is 1. The Balaban J connectivity index is 2.66. The maximum Gasteiger partial charge on any atom is 0.311 e. The zero-order valence-electron chi connectivity index (χ0n) is 11.0. The van der Waals surface area contributed by atoms with Crippen LogP contribution in [0.3, 0.4) is 0 Å². The number of aliphatic carboxylic acids is 1. The predicted octanol–water partition coefficient (Wildman–Crippen LogP) is 2.14. The molecule has 0 saturated carbocycles. The topological polar surface area (TPSA) is 57.6 Å². The number of hydrogen-bond acceptors (Lipinski definition) is 2. The third-order valence-corrected chi connectivity index (χ3v) is 3.94. The molecule has 4 heteroatoms. The van der Waals surface area contributed by atoms with Gasteiger partial charge in [0.15, 0.2) is 0 Å². The van der Waals surface area contributed by atoms with Crippen LogP contribution in [0.4, 0.5) is 0 Å². The Hall–Kier alpha value is -1.06. The van der Waals surface area contributed by atoms with Gasteiger partial charge in [-0.05, 0) is 19.3 Å². The lowest BCUT2D eigenvalue weighted by molar-refractivity contribution is -0.149. The average molecular weight is 241 g/mol. The number of carbonyl (C=O) groups excluding carboxylic acids is 1. The van der Waals surface area contributed by atoms with Crippen molar-refractivity contribution in [3.05, 3.63) is 0 Å². The molecule has 0 radical (unpaired) electrons. The van der Waals surface area contributed by atoms with E-state index in [1.165, 1.54) is 0 Å². The van der Waals surface area contributed by atoms with Crippen molar-refractivity contribution < 1.29 is 14.7 Å². The Bertz CT molecular complexity index is 303. The highest BCUT2D eigenvalue weighted by molar-refractivity contribution is 5.82. The van der Waals surface area contributed by atoms with Crippen molar-refractivity contribution in [2.45, 2.75) is 46.5 Å². The molecule has 1 N–H and O–H groups in total. The molecule has 4 nitrogen and oxygen atoms in total. The summed E-state index contributed by atoms with van der Waals surface area (Å²) in [5.41, 5.74) is -0.707. The molecular formula is C13H23NO3. The lowest BCUT2D eigenvalue weighted by Gasteiger charge is -2.24. The zero-order valence-corrected chi connectivity index (χ0v) is 11.0. The SMILES string of the molecule is CCCC(C)C(=O)N1CCC(CC)(C(=O)O)C1. The van der Waals surface area contributed by atoms with Crippen molar-refractivity contribution in [2.75, 3.05) is 13.1 Å². The van der Waals surface area contributed by atoms with Gasteiger partial charge >= 0.3 is 5.97 Å². The first-order valence-electron chi connectivity index (χ1n) is 6.49. The van der Waals surface area contributed by atoms with Gasteiger partial charge in [-0.3, -0.25) is 9.59 Å². The highest BCUT2D eigenvalue weighted by Gasteiger charge is 2.45. The summed E-state index contributed by atoms with van der Waals surface area (Å²) >= 11 is 0. The second kappa shape index (κ2) is 5.52. The first-order valence-corrected chi connectivity index (χ1v) is 6.49. The quantitative estimate of drug-likeness (QED) is 0.802. The highest BCUT2D eigenvalue weighted by Crippen LogP contribution is 2.35. The monoisotopic (exact) mass is 241 g/mol. The molecule has 1 saturated heterocycles. The maximum absolute atomic E-state index is 12.1. The first-order chi connectivity index (χ1) is 7.96. The zero-order chi connectivity index (χ0) is 13.1. The normalized spacial score (nSPS) is 25.9. The van der Waals surface area contributed by atoms with Crippen LogP contribution in [-0.2, 0) is 9.59 Å². The van der Waals surface area contributed by atoms with Gasteiger partial charge in [0.2, 0.25) is 5.91 Å². The van der Waals surface area contributed by atoms with E-state index in [0.29, 0.717) is 25.9 Å². The summed E-state index contributed by atoms with van der Waals surface area (Å²) in [4.78, 5) is 25.1. The summed E-state index contributed by atoms with van der Waals surface area (Å²) in [5, 5.41) is 9.27. The third-order valence-electron chi connectivity index (χ3n) is 3.94. The fraction of sp³-hybridized carbons (Fsp3) is 0.846. The number of hydrogen-bond donors (Lipinski definition) is 1. The average Bonchev–Trinajstić information content (AvgIpc) is 2.74. The summed E-state index contributed by atoms with van der Waals surface area (Å²) in [6, 6.07) is 0. The van der Waals surface area contributed by atoms with Crippen LogP contribution in [0.15, 0.2) is 0 Å². The summed E-state index contributed by atoms with van der Waals surface area (Å²) in [5.74, 6) is -0.636. The van der Waals surface area contributed by atoms with Gasteiger partial charge < -0.3 is 10.0 Å². The van der Waals surface area contributed by atoms with E-state index in [4.69, 9.17) is 0 Å². The molecule has 1 rings (SSSR count). The van der Waals surface area contributed by atoms with Crippen molar-refractivity contribution in [3.8, 4) is 0 Å².